The Morgan fingerprint density at radius 2 is 1.69 bits per heavy atom. The summed E-state index contributed by atoms with van der Waals surface area (Å²) in [4.78, 5) is 10.8. The summed E-state index contributed by atoms with van der Waals surface area (Å²) in [7, 11) is 0. The summed E-state index contributed by atoms with van der Waals surface area (Å²) in [5.41, 5.74) is 1.47. The number of hydrogen-bond donors (Lipinski definition) is 0. The second-order valence-corrected chi connectivity index (χ2v) is 5.46. The maximum Gasteiger partial charge on any atom is 0.140 e. The third-order valence-electron chi connectivity index (χ3n) is 2.93. The molecule has 1 aromatic rings. The van der Waals surface area contributed by atoms with Gasteiger partial charge in [-0.1, -0.05) is 32.9 Å². The van der Waals surface area contributed by atoms with Gasteiger partial charge in [-0.2, -0.15) is 0 Å². The van der Waals surface area contributed by atoms with Crippen LogP contribution in [0.1, 0.15) is 39.2 Å². The Hall–Kier alpha value is -1.31. The van der Waals surface area contributed by atoms with Crippen molar-refractivity contribution in [2.45, 2.75) is 45.1 Å². The van der Waals surface area contributed by atoms with Crippen molar-refractivity contribution in [1.29, 1.82) is 0 Å². The van der Waals surface area contributed by atoms with Crippen LogP contribution in [-0.4, -0.2) is 11.9 Å². The first-order valence-electron chi connectivity index (χ1n) is 5.74. The van der Waals surface area contributed by atoms with Crippen LogP contribution < -0.4 is 4.74 Å². The molecule has 1 saturated carbocycles. The molecule has 0 unspecified atom stereocenters. The molecule has 0 atom stereocenters. The van der Waals surface area contributed by atoms with Crippen LogP contribution in [0.5, 0.6) is 5.75 Å². The lowest BCUT2D eigenvalue weighted by Gasteiger charge is -2.25. The van der Waals surface area contributed by atoms with E-state index in [1.54, 1.807) is 0 Å². The Morgan fingerprint density at radius 1 is 1.12 bits per heavy atom. The zero-order valence-corrected chi connectivity index (χ0v) is 10.1. The molecule has 1 aliphatic carbocycles. The summed E-state index contributed by atoms with van der Waals surface area (Å²) in [6, 6.07) is 8.17. The van der Waals surface area contributed by atoms with Crippen LogP contribution >= 0.6 is 0 Å². The van der Waals surface area contributed by atoms with E-state index in [1.807, 2.05) is 12.1 Å². The lowest BCUT2D eigenvalue weighted by molar-refractivity contribution is -0.129. The summed E-state index contributed by atoms with van der Waals surface area (Å²) in [6.07, 6.45) is 1.25. The molecule has 1 aromatic carbocycles. The smallest absolute Gasteiger partial charge is 0.140 e. The van der Waals surface area contributed by atoms with E-state index in [4.69, 9.17) is 4.74 Å². The van der Waals surface area contributed by atoms with E-state index in [0.717, 1.165) is 5.75 Å². The van der Waals surface area contributed by atoms with Crippen LogP contribution in [-0.2, 0) is 10.2 Å². The average Bonchev–Trinajstić information content (AvgIpc) is 2.15. The SMILES string of the molecule is CC(C)(C)c1ccc(OC2CC(=O)C2)cc1. The van der Waals surface area contributed by atoms with Crippen LogP contribution in [0.3, 0.4) is 0 Å². The van der Waals surface area contributed by atoms with Crippen LogP contribution in [0.25, 0.3) is 0 Å². The van der Waals surface area contributed by atoms with Gasteiger partial charge in [-0.3, -0.25) is 4.79 Å². The van der Waals surface area contributed by atoms with Crippen LogP contribution in [0.4, 0.5) is 0 Å². The molecule has 2 heteroatoms. The first-order valence-corrected chi connectivity index (χ1v) is 5.74. The van der Waals surface area contributed by atoms with Crippen molar-refractivity contribution in [1.82, 2.24) is 0 Å². The summed E-state index contributed by atoms with van der Waals surface area (Å²) in [5, 5.41) is 0. The number of ketones is 1. The molecular weight excluding hydrogens is 200 g/mol. The largest absolute Gasteiger partial charge is 0.490 e. The monoisotopic (exact) mass is 218 g/mol. The maximum atomic E-state index is 10.8. The number of carbonyl (C=O) groups excluding carboxylic acids is 1. The fraction of sp³-hybridized carbons (Fsp3) is 0.500. The van der Waals surface area contributed by atoms with Gasteiger partial charge in [0.15, 0.2) is 0 Å². The highest BCUT2D eigenvalue weighted by atomic mass is 16.5. The number of Topliss-reactive ketones (excluding diaryl/α,β-unsaturated/α-hetero) is 1. The van der Waals surface area contributed by atoms with E-state index in [-0.39, 0.29) is 11.5 Å². The standard InChI is InChI=1S/C14H18O2/c1-14(2,3)10-4-6-12(7-5-10)16-13-8-11(15)9-13/h4-7,13H,8-9H2,1-3H3. The molecule has 0 N–H and O–H groups in total. The second-order valence-electron chi connectivity index (χ2n) is 5.46. The second kappa shape index (κ2) is 3.93. The molecule has 0 heterocycles. The van der Waals surface area contributed by atoms with Crippen molar-refractivity contribution in [3.63, 3.8) is 0 Å². The molecule has 2 nitrogen and oxygen atoms in total. The minimum absolute atomic E-state index is 0.105. The number of carbonyl (C=O) groups is 1. The van der Waals surface area contributed by atoms with E-state index in [0.29, 0.717) is 18.6 Å². The Kier molecular flexibility index (Phi) is 2.75. The summed E-state index contributed by atoms with van der Waals surface area (Å²) in [6.45, 7) is 6.56. The highest BCUT2D eigenvalue weighted by Crippen LogP contribution is 2.26. The number of hydrogen-bond acceptors (Lipinski definition) is 2. The molecular formula is C14H18O2. The number of rotatable bonds is 2. The van der Waals surface area contributed by atoms with Gasteiger partial charge in [0.05, 0.1) is 0 Å². The molecule has 0 saturated heterocycles. The number of benzene rings is 1. The molecule has 0 radical (unpaired) electrons. The molecule has 86 valence electrons. The van der Waals surface area contributed by atoms with Crippen LogP contribution in [0.2, 0.25) is 0 Å². The highest BCUT2D eigenvalue weighted by Gasteiger charge is 2.28. The predicted molar refractivity (Wildman–Crippen MR) is 63.8 cm³/mol. The quantitative estimate of drug-likeness (QED) is 0.762. The van der Waals surface area contributed by atoms with E-state index >= 15 is 0 Å². The first-order chi connectivity index (χ1) is 7.45. The fourth-order valence-electron chi connectivity index (χ4n) is 1.76. The van der Waals surface area contributed by atoms with Gasteiger partial charge in [0.25, 0.3) is 0 Å². The van der Waals surface area contributed by atoms with Crippen molar-refractivity contribution in [2.24, 2.45) is 0 Å². The third-order valence-corrected chi connectivity index (χ3v) is 2.93. The third kappa shape index (κ3) is 2.43. The highest BCUT2D eigenvalue weighted by molar-refractivity contribution is 5.85. The van der Waals surface area contributed by atoms with Gasteiger partial charge in [-0.05, 0) is 23.1 Å². The Balaban J connectivity index is 2.00. The normalized spacial score (nSPS) is 17.1. The van der Waals surface area contributed by atoms with E-state index in [2.05, 4.69) is 32.9 Å². The predicted octanol–water partition coefficient (Wildman–Crippen LogP) is 3.09. The molecule has 0 aromatic heterocycles. The van der Waals surface area contributed by atoms with Crippen molar-refractivity contribution in [3.05, 3.63) is 29.8 Å². The van der Waals surface area contributed by atoms with E-state index < -0.39 is 0 Å². The maximum absolute atomic E-state index is 10.8. The first kappa shape index (κ1) is 11.2. The van der Waals surface area contributed by atoms with Crippen LogP contribution in [0.15, 0.2) is 24.3 Å². The Bertz CT molecular complexity index is 376. The van der Waals surface area contributed by atoms with Gasteiger partial charge in [0.2, 0.25) is 0 Å². The molecule has 0 spiro atoms. The molecule has 16 heavy (non-hydrogen) atoms. The van der Waals surface area contributed by atoms with E-state index in [1.165, 1.54) is 5.56 Å². The zero-order chi connectivity index (χ0) is 11.8. The van der Waals surface area contributed by atoms with Crippen LogP contribution in [0, 0.1) is 0 Å². The molecule has 0 amide bonds. The topological polar surface area (TPSA) is 26.3 Å². The summed E-state index contributed by atoms with van der Waals surface area (Å²) >= 11 is 0. The fourth-order valence-corrected chi connectivity index (χ4v) is 1.76. The van der Waals surface area contributed by atoms with Crippen molar-refractivity contribution >= 4 is 5.78 Å². The molecule has 0 aliphatic heterocycles. The lowest BCUT2D eigenvalue weighted by Crippen LogP contribution is -2.33. The van der Waals surface area contributed by atoms with Gasteiger partial charge in [-0.25, -0.2) is 0 Å². The molecule has 1 fully saturated rings. The molecule has 2 rings (SSSR count). The Labute approximate surface area is 96.6 Å². The Morgan fingerprint density at radius 3 is 2.12 bits per heavy atom. The van der Waals surface area contributed by atoms with Crippen molar-refractivity contribution in [2.75, 3.05) is 0 Å². The minimum Gasteiger partial charge on any atom is -0.490 e. The molecule has 0 bridgehead atoms. The van der Waals surface area contributed by atoms with Gasteiger partial charge >= 0.3 is 0 Å². The van der Waals surface area contributed by atoms with Crippen molar-refractivity contribution in [3.8, 4) is 5.75 Å². The van der Waals surface area contributed by atoms with Gasteiger partial charge < -0.3 is 4.74 Å². The lowest BCUT2D eigenvalue weighted by atomic mass is 9.87. The minimum atomic E-state index is 0.105. The van der Waals surface area contributed by atoms with Gasteiger partial charge in [0, 0.05) is 12.8 Å². The van der Waals surface area contributed by atoms with Gasteiger partial charge in [0.1, 0.15) is 17.6 Å². The summed E-state index contributed by atoms with van der Waals surface area (Å²) < 4.78 is 5.67. The van der Waals surface area contributed by atoms with Crippen molar-refractivity contribution < 1.29 is 9.53 Å². The molecule has 1 aliphatic rings. The van der Waals surface area contributed by atoms with Gasteiger partial charge in [-0.15, -0.1) is 0 Å². The number of ether oxygens (including phenoxy) is 1. The zero-order valence-electron chi connectivity index (χ0n) is 10.1. The summed E-state index contributed by atoms with van der Waals surface area (Å²) in [5.74, 6) is 1.17. The average molecular weight is 218 g/mol. The van der Waals surface area contributed by atoms with E-state index in [9.17, 15) is 4.79 Å².